The first-order chi connectivity index (χ1) is 8.13. The largest absolute Gasteiger partial charge is 0.352 e. The second-order valence-corrected chi connectivity index (χ2v) is 3.76. The van der Waals surface area contributed by atoms with Gasteiger partial charge in [0, 0.05) is 19.1 Å². The van der Waals surface area contributed by atoms with Crippen molar-refractivity contribution in [3.05, 3.63) is 35.6 Å². The number of nitrogens with one attached hydrogen (secondary N) is 2. The molecule has 0 aliphatic heterocycles. The lowest BCUT2D eigenvalue weighted by Gasteiger charge is -2.17. The molecule has 1 atom stereocenters. The number of halogens is 1. The number of nitrogens with two attached hydrogens (primary N) is 1. The van der Waals surface area contributed by atoms with Crippen LogP contribution in [0.5, 0.6) is 0 Å². The molecule has 0 bridgehead atoms. The summed E-state index contributed by atoms with van der Waals surface area (Å²) < 4.78 is 13.1. The molecule has 1 aromatic carbocycles. The predicted molar refractivity (Wildman–Crippen MR) is 65.0 cm³/mol. The van der Waals surface area contributed by atoms with Crippen molar-refractivity contribution < 1.29 is 9.18 Å². The molecule has 5 heteroatoms. The maximum Gasteiger partial charge on any atom is 0.312 e. The molecule has 0 radical (unpaired) electrons. The van der Waals surface area contributed by atoms with Crippen LogP contribution >= 0.6 is 0 Å². The number of hydrogen-bond acceptors (Lipinski definition) is 2. The predicted octanol–water partition coefficient (Wildman–Crippen LogP) is 1.53. The summed E-state index contributed by atoms with van der Waals surface area (Å²) in [4.78, 5) is 10.5. The van der Waals surface area contributed by atoms with Gasteiger partial charge in [0.25, 0.3) is 0 Å². The average Bonchev–Trinajstić information content (AvgIpc) is 2.29. The SMILES string of the molecule is CCC(NCCNC(N)=O)c1cccc(F)c1. The van der Waals surface area contributed by atoms with E-state index < -0.39 is 6.03 Å². The lowest BCUT2D eigenvalue weighted by atomic mass is 10.0. The fourth-order valence-corrected chi connectivity index (χ4v) is 1.65. The Bertz CT molecular complexity index is 371. The molecule has 94 valence electrons. The van der Waals surface area contributed by atoms with Gasteiger partial charge in [-0.3, -0.25) is 0 Å². The van der Waals surface area contributed by atoms with E-state index in [0.717, 1.165) is 12.0 Å². The number of primary amides is 1. The molecule has 1 unspecified atom stereocenters. The fraction of sp³-hybridized carbons (Fsp3) is 0.417. The third-order valence-corrected chi connectivity index (χ3v) is 2.47. The Morgan fingerprint density at radius 1 is 1.47 bits per heavy atom. The molecule has 0 spiro atoms. The molecule has 0 saturated carbocycles. The molecule has 0 aliphatic carbocycles. The van der Waals surface area contributed by atoms with Gasteiger partial charge in [0.2, 0.25) is 0 Å². The zero-order valence-electron chi connectivity index (χ0n) is 9.87. The zero-order valence-corrected chi connectivity index (χ0v) is 9.87. The highest BCUT2D eigenvalue weighted by atomic mass is 19.1. The number of hydrogen-bond donors (Lipinski definition) is 3. The van der Waals surface area contributed by atoms with Crippen LogP contribution in [-0.2, 0) is 0 Å². The maximum atomic E-state index is 13.1. The van der Waals surface area contributed by atoms with E-state index in [1.165, 1.54) is 12.1 Å². The van der Waals surface area contributed by atoms with Gasteiger partial charge in [0.1, 0.15) is 5.82 Å². The van der Waals surface area contributed by atoms with Crippen LogP contribution in [0.4, 0.5) is 9.18 Å². The van der Waals surface area contributed by atoms with Crippen LogP contribution in [0.1, 0.15) is 24.9 Å². The van der Waals surface area contributed by atoms with Crippen molar-refractivity contribution in [1.29, 1.82) is 0 Å². The van der Waals surface area contributed by atoms with Crippen molar-refractivity contribution in [3.8, 4) is 0 Å². The van der Waals surface area contributed by atoms with Crippen LogP contribution in [-0.4, -0.2) is 19.1 Å². The van der Waals surface area contributed by atoms with Crippen LogP contribution in [0.25, 0.3) is 0 Å². The minimum absolute atomic E-state index is 0.0837. The zero-order chi connectivity index (χ0) is 12.7. The Morgan fingerprint density at radius 2 is 2.24 bits per heavy atom. The highest BCUT2D eigenvalue weighted by molar-refractivity contribution is 5.71. The smallest absolute Gasteiger partial charge is 0.312 e. The topological polar surface area (TPSA) is 67.2 Å². The van der Waals surface area contributed by atoms with E-state index in [1.54, 1.807) is 6.07 Å². The van der Waals surface area contributed by atoms with Crippen LogP contribution < -0.4 is 16.4 Å². The van der Waals surface area contributed by atoms with Gasteiger partial charge >= 0.3 is 6.03 Å². The summed E-state index contributed by atoms with van der Waals surface area (Å²) in [6, 6.07) is 6.06. The van der Waals surface area contributed by atoms with Crippen molar-refractivity contribution in [2.45, 2.75) is 19.4 Å². The molecule has 4 nitrogen and oxygen atoms in total. The molecule has 0 saturated heterocycles. The average molecular weight is 239 g/mol. The first-order valence-electron chi connectivity index (χ1n) is 5.65. The van der Waals surface area contributed by atoms with E-state index >= 15 is 0 Å². The van der Waals surface area contributed by atoms with Crippen molar-refractivity contribution in [2.24, 2.45) is 5.73 Å². The van der Waals surface area contributed by atoms with Crippen LogP contribution in [0, 0.1) is 5.82 Å². The lowest BCUT2D eigenvalue weighted by molar-refractivity contribution is 0.249. The molecule has 0 heterocycles. The summed E-state index contributed by atoms with van der Waals surface area (Å²) >= 11 is 0. The highest BCUT2D eigenvalue weighted by Crippen LogP contribution is 2.16. The molecule has 0 aliphatic rings. The minimum atomic E-state index is -0.536. The minimum Gasteiger partial charge on any atom is -0.352 e. The van der Waals surface area contributed by atoms with Gasteiger partial charge in [0.05, 0.1) is 0 Å². The van der Waals surface area contributed by atoms with Crippen LogP contribution in [0.3, 0.4) is 0 Å². The number of carbonyl (C=O) groups is 1. The summed E-state index contributed by atoms with van der Waals surface area (Å²) in [6.45, 7) is 3.07. The summed E-state index contributed by atoms with van der Waals surface area (Å²) in [7, 11) is 0. The van der Waals surface area contributed by atoms with E-state index in [1.807, 2.05) is 13.0 Å². The van der Waals surface area contributed by atoms with Crippen LogP contribution in [0.2, 0.25) is 0 Å². The number of amides is 2. The van der Waals surface area contributed by atoms with Crippen LogP contribution in [0.15, 0.2) is 24.3 Å². The quantitative estimate of drug-likeness (QED) is 0.659. The fourth-order valence-electron chi connectivity index (χ4n) is 1.65. The van der Waals surface area contributed by atoms with E-state index in [-0.39, 0.29) is 11.9 Å². The molecule has 1 rings (SSSR count). The van der Waals surface area contributed by atoms with E-state index in [2.05, 4.69) is 10.6 Å². The highest BCUT2D eigenvalue weighted by Gasteiger charge is 2.08. The maximum absolute atomic E-state index is 13.1. The van der Waals surface area contributed by atoms with Gasteiger partial charge < -0.3 is 16.4 Å². The van der Waals surface area contributed by atoms with Gasteiger partial charge in [-0.1, -0.05) is 19.1 Å². The Morgan fingerprint density at radius 3 is 2.82 bits per heavy atom. The molecule has 0 aromatic heterocycles. The van der Waals surface area contributed by atoms with Gasteiger partial charge in [-0.2, -0.15) is 0 Å². The molecule has 4 N–H and O–H groups in total. The van der Waals surface area contributed by atoms with Crippen molar-refractivity contribution in [3.63, 3.8) is 0 Å². The number of rotatable bonds is 6. The molecule has 1 aromatic rings. The second kappa shape index (κ2) is 6.85. The van der Waals surface area contributed by atoms with Crippen molar-refractivity contribution in [2.75, 3.05) is 13.1 Å². The third-order valence-electron chi connectivity index (χ3n) is 2.47. The number of benzene rings is 1. The van der Waals surface area contributed by atoms with Crippen molar-refractivity contribution in [1.82, 2.24) is 10.6 Å². The van der Waals surface area contributed by atoms with E-state index in [0.29, 0.717) is 13.1 Å². The molecular formula is C12H18FN3O. The third kappa shape index (κ3) is 4.82. The first-order valence-corrected chi connectivity index (χ1v) is 5.65. The molecule has 2 amide bonds. The lowest BCUT2D eigenvalue weighted by Crippen LogP contribution is -2.36. The first kappa shape index (κ1) is 13.4. The Kier molecular flexibility index (Phi) is 5.42. The molecule has 17 heavy (non-hydrogen) atoms. The number of carbonyl (C=O) groups excluding carboxylic acids is 1. The summed E-state index contributed by atoms with van der Waals surface area (Å²) in [6.07, 6.45) is 0.847. The van der Waals surface area contributed by atoms with Crippen molar-refractivity contribution >= 4 is 6.03 Å². The summed E-state index contributed by atoms with van der Waals surface area (Å²) in [5.74, 6) is -0.238. The van der Waals surface area contributed by atoms with E-state index in [9.17, 15) is 9.18 Å². The Hall–Kier alpha value is -1.62. The van der Waals surface area contributed by atoms with Gasteiger partial charge in [-0.05, 0) is 24.1 Å². The normalized spacial score (nSPS) is 12.1. The summed E-state index contributed by atoms with van der Waals surface area (Å²) in [5, 5.41) is 5.72. The second-order valence-electron chi connectivity index (χ2n) is 3.76. The van der Waals surface area contributed by atoms with E-state index in [4.69, 9.17) is 5.73 Å². The van der Waals surface area contributed by atoms with Gasteiger partial charge in [-0.25, -0.2) is 9.18 Å². The Labute approximate surface area is 100 Å². The standard InChI is InChI=1S/C12H18FN3O/c1-2-11(15-6-7-16-12(14)17)9-4-3-5-10(13)8-9/h3-5,8,11,15H,2,6-7H2,1H3,(H3,14,16,17). The Balaban J connectivity index is 2.45. The molecule has 0 fully saturated rings. The monoisotopic (exact) mass is 239 g/mol. The molecular weight excluding hydrogens is 221 g/mol. The van der Waals surface area contributed by atoms with Gasteiger partial charge in [-0.15, -0.1) is 0 Å². The number of urea groups is 1. The summed E-state index contributed by atoms with van der Waals surface area (Å²) in [5.41, 5.74) is 5.85. The van der Waals surface area contributed by atoms with Gasteiger partial charge in [0.15, 0.2) is 0 Å².